The lowest BCUT2D eigenvalue weighted by Crippen LogP contribution is -2.07. The van der Waals surface area contributed by atoms with Crippen LogP contribution < -0.4 is 5.32 Å². The Bertz CT molecular complexity index is 687. The summed E-state index contributed by atoms with van der Waals surface area (Å²) in [4.78, 5) is 22.3. The van der Waals surface area contributed by atoms with Crippen LogP contribution in [-0.2, 0) is 6.42 Å². The molecule has 0 aliphatic carbocycles. The zero-order chi connectivity index (χ0) is 15.4. The normalized spacial score (nSPS) is 10.3. The Labute approximate surface area is 132 Å². The first-order chi connectivity index (χ1) is 9.97. The van der Waals surface area contributed by atoms with Gasteiger partial charge in [0, 0.05) is 23.2 Å². The van der Waals surface area contributed by atoms with Gasteiger partial charge in [-0.2, -0.15) is 0 Å². The molecule has 0 spiro atoms. The highest BCUT2D eigenvalue weighted by molar-refractivity contribution is 9.11. The molecular weight excluding hydrogens is 360 g/mol. The molecule has 0 saturated carbocycles. The molecule has 0 unspecified atom stereocenters. The van der Waals surface area contributed by atoms with E-state index in [1.165, 1.54) is 23.1 Å². The Balaban J connectivity index is 2.05. The number of hydrogen-bond acceptors (Lipinski definition) is 5. The summed E-state index contributed by atoms with van der Waals surface area (Å²) in [5, 5.41) is 22.8. The van der Waals surface area contributed by atoms with Crippen molar-refractivity contribution in [2.75, 3.05) is 11.9 Å². The number of carboxylic acids is 1. The van der Waals surface area contributed by atoms with Crippen molar-refractivity contribution in [3.05, 3.63) is 54.7 Å². The third kappa shape index (κ3) is 4.02. The summed E-state index contributed by atoms with van der Waals surface area (Å²) < 4.78 is 1.05. The number of nitrogens with zero attached hydrogens (tertiary/aromatic N) is 1. The van der Waals surface area contributed by atoms with Crippen molar-refractivity contribution < 1.29 is 14.8 Å². The van der Waals surface area contributed by atoms with Crippen LogP contribution in [0.4, 0.5) is 11.4 Å². The Morgan fingerprint density at radius 3 is 2.71 bits per heavy atom. The van der Waals surface area contributed by atoms with E-state index in [-0.39, 0.29) is 5.56 Å². The molecule has 0 atom stereocenters. The molecule has 2 rings (SSSR count). The highest BCUT2D eigenvalue weighted by Crippen LogP contribution is 2.24. The number of nitro benzene ring substituents is 1. The van der Waals surface area contributed by atoms with Crippen LogP contribution in [0.25, 0.3) is 0 Å². The molecule has 8 heteroatoms. The van der Waals surface area contributed by atoms with E-state index in [4.69, 9.17) is 5.11 Å². The van der Waals surface area contributed by atoms with Crippen LogP contribution in [-0.4, -0.2) is 22.5 Å². The average molecular weight is 371 g/mol. The van der Waals surface area contributed by atoms with E-state index in [0.717, 1.165) is 10.2 Å². The molecule has 0 bridgehead atoms. The standard InChI is InChI=1S/C13H11BrN2O4S/c14-12-4-2-9(21-12)5-6-15-8-1-3-10(13(17)18)11(7-8)16(19)20/h1-4,7,15H,5-6H2,(H,17,18). The van der Waals surface area contributed by atoms with Gasteiger partial charge in [-0.15, -0.1) is 11.3 Å². The van der Waals surface area contributed by atoms with Gasteiger partial charge >= 0.3 is 5.97 Å². The van der Waals surface area contributed by atoms with Gasteiger partial charge < -0.3 is 10.4 Å². The lowest BCUT2D eigenvalue weighted by atomic mass is 10.1. The minimum Gasteiger partial charge on any atom is -0.477 e. The molecule has 21 heavy (non-hydrogen) atoms. The number of hydrogen-bond donors (Lipinski definition) is 2. The molecule has 0 saturated heterocycles. The zero-order valence-corrected chi connectivity index (χ0v) is 13.1. The van der Waals surface area contributed by atoms with Gasteiger partial charge in [-0.1, -0.05) is 0 Å². The molecule has 110 valence electrons. The van der Waals surface area contributed by atoms with Crippen molar-refractivity contribution in [1.29, 1.82) is 0 Å². The maximum Gasteiger partial charge on any atom is 0.342 e. The predicted octanol–water partition coefficient (Wildman–Crippen LogP) is 3.77. The lowest BCUT2D eigenvalue weighted by Gasteiger charge is -2.06. The molecule has 2 aromatic rings. The fraction of sp³-hybridized carbons (Fsp3) is 0.154. The number of rotatable bonds is 6. The third-order valence-corrected chi connectivity index (χ3v) is 4.44. The van der Waals surface area contributed by atoms with E-state index in [0.29, 0.717) is 12.2 Å². The topological polar surface area (TPSA) is 92.5 Å². The summed E-state index contributed by atoms with van der Waals surface area (Å²) in [5.74, 6) is -1.31. The van der Waals surface area contributed by atoms with Crippen LogP contribution >= 0.6 is 27.3 Å². The van der Waals surface area contributed by atoms with Gasteiger partial charge in [-0.25, -0.2) is 4.79 Å². The first-order valence-corrected chi connectivity index (χ1v) is 7.58. The Morgan fingerprint density at radius 1 is 1.38 bits per heavy atom. The van der Waals surface area contributed by atoms with Gasteiger partial charge in [0.15, 0.2) is 0 Å². The fourth-order valence-electron chi connectivity index (χ4n) is 1.79. The number of carbonyl (C=O) groups is 1. The molecule has 0 fully saturated rings. The van der Waals surface area contributed by atoms with Crippen molar-refractivity contribution in [2.45, 2.75) is 6.42 Å². The fourth-order valence-corrected chi connectivity index (χ4v) is 3.27. The average Bonchev–Trinajstić information content (AvgIpc) is 2.84. The minimum absolute atomic E-state index is 0.312. The lowest BCUT2D eigenvalue weighted by molar-refractivity contribution is -0.385. The van der Waals surface area contributed by atoms with E-state index < -0.39 is 16.6 Å². The van der Waals surface area contributed by atoms with Crippen molar-refractivity contribution in [2.24, 2.45) is 0 Å². The number of benzene rings is 1. The summed E-state index contributed by atoms with van der Waals surface area (Å²) in [5.41, 5.74) is -0.193. The van der Waals surface area contributed by atoms with Gasteiger partial charge in [-0.05, 0) is 46.6 Å². The minimum atomic E-state index is -1.31. The highest BCUT2D eigenvalue weighted by Gasteiger charge is 2.19. The summed E-state index contributed by atoms with van der Waals surface area (Å²) in [7, 11) is 0. The second-order valence-corrected chi connectivity index (χ2v) is 6.72. The van der Waals surface area contributed by atoms with Crippen LogP contribution in [0.3, 0.4) is 0 Å². The van der Waals surface area contributed by atoms with Gasteiger partial charge in [-0.3, -0.25) is 10.1 Å². The molecular formula is C13H11BrN2O4S. The van der Waals surface area contributed by atoms with Gasteiger partial charge in [0.1, 0.15) is 5.56 Å². The summed E-state index contributed by atoms with van der Waals surface area (Å²) in [6.45, 7) is 0.608. The predicted molar refractivity (Wildman–Crippen MR) is 84.3 cm³/mol. The molecule has 0 aliphatic heterocycles. The van der Waals surface area contributed by atoms with E-state index in [1.54, 1.807) is 11.3 Å². The third-order valence-electron chi connectivity index (χ3n) is 2.75. The highest BCUT2D eigenvalue weighted by atomic mass is 79.9. The summed E-state index contributed by atoms with van der Waals surface area (Å²) in [6, 6.07) is 7.98. The molecule has 2 N–H and O–H groups in total. The van der Waals surface area contributed by atoms with E-state index in [1.807, 2.05) is 12.1 Å². The van der Waals surface area contributed by atoms with Crippen molar-refractivity contribution in [3.8, 4) is 0 Å². The number of carboxylic acid groups (broad SMARTS) is 1. The molecule has 1 aromatic carbocycles. The van der Waals surface area contributed by atoms with E-state index >= 15 is 0 Å². The second-order valence-electron chi connectivity index (χ2n) is 4.18. The number of halogens is 1. The Kier molecular flexibility index (Phi) is 4.92. The van der Waals surface area contributed by atoms with Gasteiger partial charge in [0.05, 0.1) is 8.71 Å². The van der Waals surface area contributed by atoms with Crippen LogP contribution in [0.1, 0.15) is 15.2 Å². The first-order valence-electron chi connectivity index (χ1n) is 5.97. The monoisotopic (exact) mass is 370 g/mol. The van der Waals surface area contributed by atoms with Crippen LogP contribution in [0.15, 0.2) is 34.1 Å². The summed E-state index contributed by atoms with van der Waals surface area (Å²) >= 11 is 5.01. The largest absolute Gasteiger partial charge is 0.477 e. The number of nitro groups is 1. The second kappa shape index (κ2) is 6.68. The number of nitrogens with one attached hydrogen (secondary N) is 1. The smallest absolute Gasteiger partial charge is 0.342 e. The van der Waals surface area contributed by atoms with Gasteiger partial charge in [0.25, 0.3) is 5.69 Å². The van der Waals surface area contributed by atoms with Crippen molar-refractivity contribution >= 4 is 44.6 Å². The molecule has 0 amide bonds. The molecule has 1 aromatic heterocycles. The molecule has 0 radical (unpaired) electrons. The Hall–Kier alpha value is -1.93. The molecule has 1 heterocycles. The molecule has 6 nitrogen and oxygen atoms in total. The Morgan fingerprint density at radius 2 is 2.14 bits per heavy atom. The van der Waals surface area contributed by atoms with E-state index in [2.05, 4.69) is 21.2 Å². The number of anilines is 1. The summed E-state index contributed by atoms with van der Waals surface area (Å²) in [6.07, 6.45) is 0.782. The number of aromatic carboxylic acids is 1. The first kappa shape index (κ1) is 15.5. The van der Waals surface area contributed by atoms with Crippen LogP contribution in [0.5, 0.6) is 0 Å². The van der Waals surface area contributed by atoms with Gasteiger partial charge in [0.2, 0.25) is 0 Å². The molecule has 0 aliphatic rings. The van der Waals surface area contributed by atoms with Crippen molar-refractivity contribution in [3.63, 3.8) is 0 Å². The maximum atomic E-state index is 10.9. The SMILES string of the molecule is O=C(O)c1ccc(NCCc2ccc(Br)s2)cc1[N+](=O)[O-]. The van der Waals surface area contributed by atoms with Crippen LogP contribution in [0, 0.1) is 10.1 Å². The zero-order valence-electron chi connectivity index (χ0n) is 10.7. The number of thiophene rings is 1. The van der Waals surface area contributed by atoms with E-state index in [9.17, 15) is 14.9 Å². The van der Waals surface area contributed by atoms with Crippen LogP contribution in [0.2, 0.25) is 0 Å². The quantitative estimate of drug-likeness (QED) is 0.596. The van der Waals surface area contributed by atoms with Crippen molar-refractivity contribution in [1.82, 2.24) is 0 Å². The maximum absolute atomic E-state index is 10.9.